The van der Waals surface area contributed by atoms with Crippen molar-refractivity contribution in [2.75, 3.05) is 0 Å². The molecule has 0 radical (unpaired) electrons. The van der Waals surface area contributed by atoms with E-state index in [2.05, 4.69) is 24.3 Å². The second kappa shape index (κ2) is 6.97. The molecule has 0 saturated carbocycles. The van der Waals surface area contributed by atoms with Crippen LogP contribution in [0.2, 0.25) is 0 Å². The van der Waals surface area contributed by atoms with Crippen LogP contribution in [0.5, 0.6) is 0 Å². The number of nitro benzene ring substituents is 1. The molecule has 1 aliphatic rings. The van der Waals surface area contributed by atoms with E-state index >= 15 is 0 Å². The van der Waals surface area contributed by atoms with Crippen LogP contribution in [0.25, 0.3) is 0 Å². The van der Waals surface area contributed by atoms with E-state index in [4.69, 9.17) is 4.40 Å². The van der Waals surface area contributed by atoms with Gasteiger partial charge in [0, 0.05) is 29.6 Å². The van der Waals surface area contributed by atoms with Gasteiger partial charge in [-0.15, -0.1) is 0 Å². The van der Waals surface area contributed by atoms with Gasteiger partial charge in [-0.25, -0.2) is 4.40 Å². The first-order valence-corrected chi connectivity index (χ1v) is 9.59. The van der Waals surface area contributed by atoms with Gasteiger partial charge < -0.3 is 0 Å². The maximum Gasteiger partial charge on any atom is 0.269 e. The van der Waals surface area contributed by atoms with E-state index in [1.165, 1.54) is 35.2 Å². The summed E-state index contributed by atoms with van der Waals surface area (Å²) in [6.45, 7) is 0. The molecule has 0 spiro atoms. The van der Waals surface area contributed by atoms with Crippen molar-refractivity contribution in [1.82, 2.24) is 0 Å². The lowest BCUT2D eigenvalue weighted by Crippen LogP contribution is -2.17. The monoisotopic (exact) mass is 378 g/mol. The summed E-state index contributed by atoms with van der Waals surface area (Å²) < 4.78 is 4.35. The lowest BCUT2D eigenvalue weighted by Gasteiger charge is -2.27. The predicted octanol–water partition coefficient (Wildman–Crippen LogP) is 5.64. The highest BCUT2D eigenvalue weighted by atomic mass is 32.2. The van der Waals surface area contributed by atoms with Gasteiger partial charge >= 0.3 is 0 Å². The van der Waals surface area contributed by atoms with Crippen LogP contribution < -0.4 is 0 Å². The van der Waals surface area contributed by atoms with E-state index < -0.39 is 0 Å². The number of benzene rings is 3. The third-order valence-corrected chi connectivity index (χ3v) is 7.00. The molecule has 0 atom stereocenters. The van der Waals surface area contributed by atoms with Crippen LogP contribution in [-0.4, -0.2) is 9.97 Å². The third-order valence-electron chi connectivity index (χ3n) is 4.13. The topological polar surface area (TPSA) is 55.5 Å². The summed E-state index contributed by atoms with van der Waals surface area (Å²) in [4.78, 5) is 10.5. The fourth-order valence-electron chi connectivity index (χ4n) is 2.82. The second-order valence-corrected chi connectivity index (χ2v) is 8.18. The maximum absolute atomic E-state index is 10.9. The fraction of sp³-hybridized carbons (Fsp3) is 0.0500. The van der Waals surface area contributed by atoms with Crippen LogP contribution in [-0.2, 0) is 4.08 Å². The SMILES string of the molecule is O=[N+]([O-])c1ccc(C2=NSC(c3ccccc3)(c3ccccc3)S2)cc1. The van der Waals surface area contributed by atoms with Gasteiger partial charge in [-0.1, -0.05) is 72.4 Å². The van der Waals surface area contributed by atoms with Crippen molar-refractivity contribution in [1.29, 1.82) is 0 Å². The van der Waals surface area contributed by atoms with Crippen molar-refractivity contribution in [2.45, 2.75) is 4.08 Å². The average molecular weight is 378 g/mol. The van der Waals surface area contributed by atoms with E-state index in [0.717, 1.165) is 10.6 Å². The van der Waals surface area contributed by atoms with E-state index in [-0.39, 0.29) is 14.7 Å². The molecule has 0 fully saturated rings. The summed E-state index contributed by atoms with van der Waals surface area (Å²) in [6.07, 6.45) is 0. The van der Waals surface area contributed by atoms with E-state index in [1.54, 1.807) is 23.9 Å². The van der Waals surface area contributed by atoms with Crippen LogP contribution in [0.15, 0.2) is 89.3 Å². The summed E-state index contributed by atoms with van der Waals surface area (Å²) in [5.74, 6) is 0. The summed E-state index contributed by atoms with van der Waals surface area (Å²) in [5, 5.41) is 11.7. The smallest absolute Gasteiger partial charge is 0.258 e. The molecule has 128 valence electrons. The molecule has 0 N–H and O–H groups in total. The normalized spacial score (nSPS) is 15.5. The van der Waals surface area contributed by atoms with Gasteiger partial charge in [0.15, 0.2) is 0 Å². The number of thioether (sulfide) groups is 1. The molecule has 0 bridgehead atoms. The van der Waals surface area contributed by atoms with Crippen LogP contribution in [0, 0.1) is 10.1 Å². The number of hydrogen-bond acceptors (Lipinski definition) is 5. The number of non-ortho nitro benzene ring substituents is 1. The Morgan fingerprint density at radius 3 is 1.85 bits per heavy atom. The highest BCUT2D eigenvalue weighted by Crippen LogP contribution is 2.57. The molecule has 4 nitrogen and oxygen atoms in total. The van der Waals surface area contributed by atoms with Crippen LogP contribution in [0.3, 0.4) is 0 Å². The lowest BCUT2D eigenvalue weighted by atomic mass is 10.0. The molecular formula is C20H14N2O2S2. The fourth-order valence-corrected chi connectivity index (χ4v) is 5.41. The van der Waals surface area contributed by atoms with Crippen molar-refractivity contribution in [3.63, 3.8) is 0 Å². The van der Waals surface area contributed by atoms with E-state index in [0.29, 0.717) is 0 Å². The lowest BCUT2D eigenvalue weighted by molar-refractivity contribution is -0.384. The highest BCUT2D eigenvalue weighted by molar-refractivity contribution is 8.28. The summed E-state index contributed by atoms with van der Waals surface area (Å²) in [5.41, 5.74) is 3.31. The molecule has 0 unspecified atom stereocenters. The van der Waals surface area contributed by atoms with Crippen LogP contribution in [0.1, 0.15) is 16.7 Å². The zero-order valence-electron chi connectivity index (χ0n) is 13.6. The van der Waals surface area contributed by atoms with Crippen molar-refractivity contribution >= 4 is 34.4 Å². The predicted molar refractivity (Wildman–Crippen MR) is 108 cm³/mol. The number of nitro groups is 1. The Morgan fingerprint density at radius 1 is 0.808 bits per heavy atom. The molecule has 1 aliphatic heterocycles. The molecule has 4 rings (SSSR count). The Balaban J connectivity index is 1.72. The maximum atomic E-state index is 10.9. The molecule has 0 aromatic heterocycles. The Morgan fingerprint density at radius 2 is 1.35 bits per heavy atom. The molecule has 6 heteroatoms. The molecule has 0 amide bonds. The van der Waals surface area contributed by atoms with Gasteiger partial charge in [-0.05, 0) is 23.3 Å². The van der Waals surface area contributed by atoms with Gasteiger partial charge in [0.2, 0.25) is 0 Å². The minimum Gasteiger partial charge on any atom is -0.258 e. The quantitative estimate of drug-likeness (QED) is 0.335. The largest absolute Gasteiger partial charge is 0.269 e. The average Bonchev–Trinajstić information content (AvgIpc) is 3.16. The molecule has 0 aliphatic carbocycles. The van der Waals surface area contributed by atoms with Crippen molar-refractivity contribution in [3.8, 4) is 0 Å². The van der Waals surface area contributed by atoms with Crippen LogP contribution >= 0.6 is 23.7 Å². The standard InChI is InChI=1S/C20H14N2O2S2/c23-22(24)18-13-11-15(12-14-18)19-21-26-20(25-19,16-7-3-1-4-8-16)17-9-5-2-6-10-17/h1-14H. The molecule has 1 heterocycles. The van der Waals surface area contributed by atoms with Gasteiger partial charge in [0.25, 0.3) is 5.69 Å². The summed E-state index contributed by atoms with van der Waals surface area (Å²) in [6, 6.07) is 27.2. The van der Waals surface area contributed by atoms with Crippen molar-refractivity contribution in [2.24, 2.45) is 4.40 Å². The van der Waals surface area contributed by atoms with Crippen molar-refractivity contribution in [3.05, 3.63) is 112 Å². The first-order valence-electron chi connectivity index (χ1n) is 8.00. The zero-order valence-corrected chi connectivity index (χ0v) is 15.2. The zero-order chi connectivity index (χ0) is 18.0. The van der Waals surface area contributed by atoms with Crippen LogP contribution in [0.4, 0.5) is 5.69 Å². The first-order chi connectivity index (χ1) is 12.7. The second-order valence-electron chi connectivity index (χ2n) is 5.74. The Bertz CT molecular complexity index is 919. The van der Waals surface area contributed by atoms with Crippen molar-refractivity contribution < 1.29 is 4.92 Å². The number of hydrogen-bond donors (Lipinski definition) is 0. The minimum absolute atomic E-state index is 0.0855. The third kappa shape index (κ3) is 3.02. The van der Waals surface area contributed by atoms with Gasteiger partial charge in [0.05, 0.1) is 4.92 Å². The van der Waals surface area contributed by atoms with Gasteiger partial charge in [-0.3, -0.25) is 10.1 Å². The molecule has 26 heavy (non-hydrogen) atoms. The number of rotatable bonds is 4. The highest BCUT2D eigenvalue weighted by Gasteiger charge is 2.42. The molecule has 0 saturated heterocycles. The van der Waals surface area contributed by atoms with Gasteiger partial charge in [-0.2, -0.15) is 0 Å². The molecule has 3 aromatic carbocycles. The first kappa shape index (κ1) is 16.9. The van der Waals surface area contributed by atoms with E-state index in [9.17, 15) is 10.1 Å². The Kier molecular flexibility index (Phi) is 4.53. The molecule has 3 aromatic rings. The number of nitrogens with zero attached hydrogens (tertiary/aromatic N) is 2. The minimum atomic E-state index is -0.389. The summed E-state index contributed by atoms with van der Waals surface area (Å²) in [7, 11) is 0. The summed E-state index contributed by atoms with van der Waals surface area (Å²) >= 11 is 3.20. The Labute approximate surface area is 159 Å². The molecular weight excluding hydrogens is 364 g/mol. The van der Waals surface area contributed by atoms with E-state index in [1.807, 2.05) is 36.4 Å². The Hall–Kier alpha value is -2.57. The van der Waals surface area contributed by atoms with Gasteiger partial charge in [0.1, 0.15) is 9.12 Å².